The van der Waals surface area contributed by atoms with E-state index in [9.17, 15) is 4.79 Å². The molecule has 3 aliphatic rings. The number of carbonyl (C=O) groups is 1. The normalized spacial score (nSPS) is 21.7. The van der Waals surface area contributed by atoms with E-state index in [1.807, 2.05) is 6.07 Å². The first-order valence-electron chi connectivity index (χ1n) is 11.8. The molecule has 1 saturated heterocycles. The fourth-order valence-corrected chi connectivity index (χ4v) is 5.20. The van der Waals surface area contributed by atoms with E-state index >= 15 is 0 Å². The second-order valence-electron chi connectivity index (χ2n) is 9.09. The van der Waals surface area contributed by atoms with Crippen LogP contribution in [0.1, 0.15) is 65.1 Å². The highest BCUT2D eigenvalue weighted by Gasteiger charge is 2.26. The van der Waals surface area contributed by atoms with Crippen molar-refractivity contribution in [2.45, 2.75) is 38.0 Å². The topological polar surface area (TPSA) is 20.3 Å². The zero-order valence-electron chi connectivity index (χ0n) is 18.2. The molecule has 0 spiro atoms. The molecule has 5 rings (SSSR count). The van der Waals surface area contributed by atoms with Gasteiger partial charge in [0.15, 0.2) is 5.78 Å². The van der Waals surface area contributed by atoms with Crippen molar-refractivity contribution in [3.8, 4) is 0 Å². The van der Waals surface area contributed by atoms with Crippen LogP contribution in [0, 0.1) is 5.92 Å². The second-order valence-corrected chi connectivity index (χ2v) is 9.09. The van der Waals surface area contributed by atoms with E-state index in [2.05, 4.69) is 77.7 Å². The molecule has 1 fully saturated rings. The van der Waals surface area contributed by atoms with Gasteiger partial charge < -0.3 is 4.90 Å². The molecule has 158 valence electrons. The van der Waals surface area contributed by atoms with Crippen molar-refractivity contribution < 1.29 is 4.79 Å². The van der Waals surface area contributed by atoms with Crippen LogP contribution >= 0.6 is 0 Å². The highest BCUT2D eigenvalue weighted by molar-refractivity contribution is 6.05. The molecule has 0 saturated carbocycles. The summed E-state index contributed by atoms with van der Waals surface area (Å²) in [6.07, 6.45) is 16.6. The smallest absolute Gasteiger partial charge is 0.170 e. The highest BCUT2D eigenvalue weighted by atomic mass is 16.1. The summed E-state index contributed by atoms with van der Waals surface area (Å²) in [4.78, 5) is 15.7. The number of rotatable bonds is 5. The number of nitrogens with zero attached hydrogens (tertiary/aromatic N) is 1. The zero-order chi connectivity index (χ0) is 21.0. The Kier molecular flexibility index (Phi) is 5.99. The number of hydrogen-bond donors (Lipinski definition) is 0. The standard InChI is InChI=1S/C29H31NO/c31-29-25(17-20-30-18-15-24(16-19-30)22-7-3-1-4-8-22)11-12-27-21-26(13-14-28(27)29)23-9-5-2-6-10-23/h1,3-5,7-14,21,24-25H,2,6,15-20H2. The minimum atomic E-state index is 0.0130. The summed E-state index contributed by atoms with van der Waals surface area (Å²) in [5.41, 5.74) is 5.92. The Balaban J connectivity index is 1.17. The van der Waals surface area contributed by atoms with E-state index in [-0.39, 0.29) is 11.7 Å². The fraction of sp³-hybridized carbons (Fsp3) is 0.345. The van der Waals surface area contributed by atoms with E-state index in [1.54, 1.807) is 0 Å². The lowest BCUT2D eigenvalue weighted by Gasteiger charge is -2.33. The van der Waals surface area contributed by atoms with Gasteiger partial charge >= 0.3 is 0 Å². The molecule has 2 aliphatic carbocycles. The molecule has 2 heteroatoms. The van der Waals surface area contributed by atoms with Crippen molar-refractivity contribution in [2.24, 2.45) is 5.92 Å². The Morgan fingerprint density at radius 3 is 2.55 bits per heavy atom. The lowest BCUT2D eigenvalue weighted by atomic mass is 9.84. The molecule has 2 aromatic rings. The zero-order valence-corrected chi connectivity index (χ0v) is 18.2. The lowest BCUT2D eigenvalue weighted by Crippen LogP contribution is -2.35. The van der Waals surface area contributed by atoms with Crippen LogP contribution in [0.4, 0.5) is 0 Å². The number of benzene rings is 2. The van der Waals surface area contributed by atoms with Crippen LogP contribution in [0.5, 0.6) is 0 Å². The minimum absolute atomic E-state index is 0.0130. The molecule has 1 unspecified atom stereocenters. The van der Waals surface area contributed by atoms with Crippen LogP contribution in [-0.2, 0) is 0 Å². The highest BCUT2D eigenvalue weighted by Crippen LogP contribution is 2.31. The molecule has 1 aliphatic heterocycles. The van der Waals surface area contributed by atoms with Crippen LogP contribution in [0.2, 0.25) is 0 Å². The summed E-state index contributed by atoms with van der Waals surface area (Å²) in [5, 5.41) is 0. The molecular weight excluding hydrogens is 378 g/mol. The van der Waals surface area contributed by atoms with Gasteiger partial charge in [-0.3, -0.25) is 4.79 Å². The van der Waals surface area contributed by atoms with Gasteiger partial charge in [-0.1, -0.05) is 72.8 Å². The molecular formula is C29H31NO. The quantitative estimate of drug-likeness (QED) is 0.561. The van der Waals surface area contributed by atoms with Crippen molar-refractivity contribution >= 4 is 17.4 Å². The predicted molar refractivity (Wildman–Crippen MR) is 129 cm³/mol. The third-order valence-corrected chi connectivity index (χ3v) is 7.11. The van der Waals surface area contributed by atoms with Gasteiger partial charge in [-0.2, -0.15) is 0 Å². The first-order valence-corrected chi connectivity index (χ1v) is 11.8. The number of ketones is 1. The summed E-state index contributed by atoms with van der Waals surface area (Å²) in [6.45, 7) is 3.27. The molecule has 1 heterocycles. The molecule has 2 aromatic carbocycles. The predicted octanol–water partition coefficient (Wildman–Crippen LogP) is 6.52. The molecule has 1 atom stereocenters. The maximum absolute atomic E-state index is 13.1. The largest absolute Gasteiger partial charge is 0.303 e. The number of Topliss-reactive ketones (excluding diaryl/α,β-unsaturated/α-hetero) is 1. The van der Waals surface area contributed by atoms with Crippen molar-refractivity contribution in [3.63, 3.8) is 0 Å². The monoisotopic (exact) mass is 409 g/mol. The molecule has 31 heavy (non-hydrogen) atoms. The number of likely N-dealkylation sites (tertiary alicyclic amines) is 1. The van der Waals surface area contributed by atoms with Gasteiger partial charge in [0.1, 0.15) is 0 Å². The average molecular weight is 410 g/mol. The maximum Gasteiger partial charge on any atom is 0.170 e. The minimum Gasteiger partial charge on any atom is -0.303 e. The van der Waals surface area contributed by atoms with Gasteiger partial charge in [0.2, 0.25) is 0 Å². The summed E-state index contributed by atoms with van der Waals surface area (Å²) in [6, 6.07) is 17.2. The summed E-state index contributed by atoms with van der Waals surface area (Å²) >= 11 is 0. The molecule has 0 aromatic heterocycles. The van der Waals surface area contributed by atoms with Gasteiger partial charge in [-0.05, 0) is 86.0 Å². The lowest BCUT2D eigenvalue weighted by molar-refractivity contribution is 0.0926. The van der Waals surface area contributed by atoms with E-state index < -0.39 is 0 Å². The van der Waals surface area contributed by atoms with Crippen LogP contribution in [0.15, 0.2) is 72.8 Å². The van der Waals surface area contributed by atoms with Gasteiger partial charge in [0, 0.05) is 11.5 Å². The Labute approximate surface area is 186 Å². The van der Waals surface area contributed by atoms with Crippen LogP contribution in [0.3, 0.4) is 0 Å². The Morgan fingerprint density at radius 1 is 0.935 bits per heavy atom. The van der Waals surface area contributed by atoms with Crippen molar-refractivity contribution in [1.29, 1.82) is 0 Å². The molecule has 0 amide bonds. The Morgan fingerprint density at radius 2 is 1.77 bits per heavy atom. The van der Waals surface area contributed by atoms with Crippen molar-refractivity contribution in [3.05, 3.63) is 95.1 Å². The van der Waals surface area contributed by atoms with Crippen LogP contribution < -0.4 is 0 Å². The SMILES string of the molecule is O=C1c2ccc(C3=CCCC=C3)cc2C=CC1CCN1CCC(c2ccccc2)CC1. The van der Waals surface area contributed by atoms with Crippen molar-refractivity contribution in [2.75, 3.05) is 19.6 Å². The molecule has 2 nitrogen and oxygen atoms in total. The molecule has 0 radical (unpaired) electrons. The number of fused-ring (bicyclic) bond motifs is 1. The molecule has 0 N–H and O–H groups in total. The number of hydrogen-bond acceptors (Lipinski definition) is 2. The summed E-state index contributed by atoms with van der Waals surface area (Å²) < 4.78 is 0. The van der Waals surface area contributed by atoms with Crippen LogP contribution in [-0.4, -0.2) is 30.3 Å². The van der Waals surface area contributed by atoms with E-state index in [0.29, 0.717) is 5.92 Å². The number of allylic oxidation sites excluding steroid dienone is 5. The van der Waals surface area contributed by atoms with Crippen LogP contribution in [0.25, 0.3) is 11.6 Å². The van der Waals surface area contributed by atoms with Gasteiger partial charge in [-0.25, -0.2) is 0 Å². The third-order valence-electron chi connectivity index (χ3n) is 7.11. The van der Waals surface area contributed by atoms with Gasteiger partial charge in [-0.15, -0.1) is 0 Å². The Bertz CT molecular complexity index is 1020. The Hall–Kier alpha value is -2.71. The third kappa shape index (κ3) is 4.50. The van der Waals surface area contributed by atoms with E-state index in [0.717, 1.165) is 50.0 Å². The number of carbonyl (C=O) groups excluding carboxylic acids is 1. The average Bonchev–Trinajstić information content (AvgIpc) is 2.85. The fourth-order valence-electron chi connectivity index (χ4n) is 5.20. The second kappa shape index (κ2) is 9.20. The summed E-state index contributed by atoms with van der Waals surface area (Å²) in [5.74, 6) is 0.985. The van der Waals surface area contributed by atoms with Gasteiger partial charge in [0.25, 0.3) is 0 Å². The van der Waals surface area contributed by atoms with Crippen molar-refractivity contribution in [1.82, 2.24) is 4.90 Å². The van der Waals surface area contributed by atoms with E-state index in [4.69, 9.17) is 0 Å². The van der Waals surface area contributed by atoms with E-state index in [1.165, 1.54) is 29.5 Å². The van der Waals surface area contributed by atoms with Gasteiger partial charge in [0.05, 0.1) is 0 Å². The first kappa shape index (κ1) is 20.2. The first-order chi connectivity index (χ1) is 15.3. The maximum atomic E-state index is 13.1. The molecule has 0 bridgehead atoms. The number of piperidine rings is 1. The summed E-state index contributed by atoms with van der Waals surface area (Å²) in [7, 11) is 0.